The molecule has 0 radical (unpaired) electrons. The van der Waals surface area contributed by atoms with Crippen molar-refractivity contribution >= 4 is 29.2 Å². The number of carbonyl (C=O) groups is 1. The fourth-order valence-electron chi connectivity index (χ4n) is 3.01. The Morgan fingerprint density at radius 2 is 1.97 bits per heavy atom. The molecule has 1 amide bonds. The zero-order valence-corrected chi connectivity index (χ0v) is 18.0. The number of hydrogen-bond donors (Lipinski definition) is 2. The molecule has 0 unspecified atom stereocenters. The van der Waals surface area contributed by atoms with E-state index >= 15 is 0 Å². The van der Waals surface area contributed by atoms with Crippen molar-refractivity contribution in [2.24, 2.45) is 0 Å². The van der Waals surface area contributed by atoms with Crippen LogP contribution in [0.3, 0.4) is 0 Å². The van der Waals surface area contributed by atoms with Gasteiger partial charge in [0.1, 0.15) is 10.8 Å². The summed E-state index contributed by atoms with van der Waals surface area (Å²) < 4.78 is 1.31. The number of nitrogens with two attached hydrogens (primary N) is 1. The van der Waals surface area contributed by atoms with Gasteiger partial charge in [-0.1, -0.05) is 55.4 Å². The van der Waals surface area contributed by atoms with Gasteiger partial charge < -0.3 is 5.73 Å². The van der Waals surface area contributed by atoms with Crippen LogP contribution in [0.5, 0.6) is 0 Å². The van der Waals surface area contributed by atoms with Gasteiger partial charge in [0.05, 0.1) is 12.3 Å². The average molecular weight is 441 g/mol. The molecule has 9 nitrogen and oxygen atoms in total. The number of aromatic amines is 1. The standard InChI is InChI=1S/C21H24N6O3S/c1-2-3-12-26-19(22)18(20(29)24-21(26)30)27(13-15-8-5-4-6-9-15)17(28)14-31-16-10-7-11-23-25-16/h4-11H,2-3,12-14,22H2,1H3,(H,24,29,30). The van der Waals surface area contributed by atoms with E-state index in [0.29, 0.717) is 18.0 Å². The molecule has 3 rings (SSSR count). The number of unbranched alkanes of at least 4 members (excludes halogenated alkanes) is 1. The molecule has 0 fully saturated rings. The Balaban J connectivity index is 1.98. The highest BCUT2D eigenvalue weighted by Crippen LogP contribution is 2.22. The van der Waals surface area contributed by atoms with Gasteiger partial charge in [0.25, 0.3) is 5.56 Å². The summed E-state index contributed by atoms with van der Waals surface area (Å²) in [6.45, 7) is 2.48. The minimum Gasteiger partial charge on any atom is -0.383 e. The zero-order valence-electron chi connectivity index (χ0n) is 17.2. The average Bonchev–Trinajstić information content (AvgIpc) is 2.78. The molecular weight excluding hydrogens is 416 g/mol. The topological polar surface area (TPSA) is 127 Å². The fraction of sp³-hybridized carbons (Fsp3) is 0.286. The van der Waals surface area contributed by atoms with E-state index in [4.69, 9.17) is 5.73 Å². The van der Waals surface area contributed by atoms with Gasteiger partial charge >= 0.3 is 5.69 Å². The Kier molecular flexibility index (Phi) is 7.60. The van der Waals surface area contributed by atoms with Gasteiger partial charge in [0, 0.05) is 12.7 Å². The molecule has 2 aromatic heterocycles. The molecule has 0 aliphatic heterocycles. The fourth-order valence-corrected chi connectivity index (χ4v) is 3.72. The van der Waals surface area contributed by atoms with Crippen LogP contribution in [-0.4, -0.2) is 31.4 Å². The summed E-state index contributed by atoms with van der Waals surface area (Å²) in [5.74, 6) is -0.327. The van der Waals surface area contributed by atoms with E-state index in [2.05, 4.69) is 15.2 Å². The van der Waals surface area contributed by atoms with E-state index in [1.807, 2.05) is 37.3 Å². The molecule has 0 aliphatic carbocycles. The number of thioether (sulfide) groups is 1. The Morgan fingerprint density at radius 1 is 1.19 bits per heavy atom. The van der Waals surface area contributed by atoms with Crippen molar-refractivity contribution in [2.75, 3.05) is 16.4 Å². The Labute approximate surface area is 183 Å². The monoisotopic (exact) mass is 440 g/mol. The lowest BCUT2D eigenvalue weighted by Gasteiger charge is -2.24. The normalized spacial score (nSPS) is 10.7. The first-order valence-electron chi connectivity index (χ1n) is 9.88. The second-order valence-corrected chi connectivity index (χ2v) is 7.81. The van der Waals surface area contributed by atoms with Crippen LogP contribution in [-0.2, 0) is 17.9 Å². The molecule has 0 atom stereocenters. The van der Waals surface area contributed by atoms with Crippen LogP contribution in [0.1, 0.15) is 25.3 Å². The summed E-state index contributed by atoms with van der Waals surface area (Å²) in [5, 5.41) is 8.36. The lowest BCUT2D eigenvalue weighted by atomic mass is 10.2. The lowest BCUT2D eigenvalue weighted by Crippen LogP contribution is -2.41. The van der Waals surface area contributed by atoms with Crippen molar-refractivity contribution < 1.29 is 4.79 Å². The van der Waals surface area contributed by atoms with Crippen LogP contribution < -0.4 is 21.9 Å². The number of anilines is 2. The van der Waals surface area contributed by atoms with Crippen molar-refractivity contribution in [3.8, 4) is 0 Å². The third-order valence-corrected chi connectivity index (χ3v) is 5.50. The maximum Gasteiger partial charge on any atom is 0.330 e. The van der Waals surface area contributed by atoms with Gasteiger partial charge in [-0.25, -0.2) is 4.79 Å². The number of H-pyrrole nitrogens is 1. The predicted octanol–water partition coefficient (Wildman–Crippen LogP) is 2.03. The SMILES string of the molecule is CCCCn1c(N)c(N(Cc2ccccc2)C(=O)CSc2cccnn2)c(=O)[nH]c1=O. The number of rotatable bonds is 9. The molecule has 3 N–H and O–H groups in total. The van der Waals surface area contributed by atoms with Crippen LogP contribution in [0.15, 0.2) is 63.3 Å². The van der Waals surface area contributed by atoms with E-state index in [0.717, 1.165) is 12.0 Å². The van der Waals surface area contributed by atoms with Crippen LogP contribution in [0.25, 0.3) is 0 Å². The number of carbonyl (C=O) groups excluding carboxylic acids is 1. The summed E-state index contributed by atoms with van der Waals surface area (Å²) in [5.41, 5.74) is 5.77. The second kappa shape index (κ2) is 10.6. The molecule has 0 saturated carbocycles. The highest BCUT2D eigenvalue weighted by molar-refractivity contribution is 7.99. The predicted molar refractivity (Wildman–Crippen MR) is 121 cm³/mol. The van der Waals surface area contributed by atoms with Crippen molar-refractivity contribution in [3.05, 3.63) is 75.1 Å². The molecule has 2 heterocycles. The molecule has 3 aromatic rings. The Morgan fingerprint density at radius 3 is 2.65 bits per heavy atom. The molecule has 1 aromatic carbocycles. The summed E-state index contributed by atoms with van der Waals surface area (Å²) in [6.07, 6.45) is 3.11. The zero-order chi connectivity index (χ0) is 22.2. The minimum atomic E-state index is -0.691. The number of benzene rings is 1. The smallest absolute Gasteiger partial charge is 0.330 e. The van der Waals surface area contributed by atoms with E-state index in [-0.39, 0.29) is 29.7 Å². The second-order valence-electron chi connectivity index (χ2n) is 6.81. The van der Waals surface area contributed by atoms with Crippen molar-refractivity contribution in [1.29, 1.82) is 0 Å². The quantitative estimate of drug-likeness (QED) is 0.487. The molecule has 0 spiro atoms. The van der Waals surface area contributed by atoms with Gasteiger partial charge in [-0.05, 0) is 24.1 Å². The number of nitrogen functional groups attached to an aromatic ring is 1. The van der Waals surface area contributed by atoms with Crippen molar-refractivity contribution in [2.45, 2.75) is 37.9 Å². The Bertz CT molecular complexity index is 1130. The maximum atomic E-state index is 13.2. The highest BCUT2D eigenvalue weighted by Gasteiger charge is 2.24. The van der Waals surface area contributed by atoms with E-state index in [1.165, 1.54) is 21.2 Å². The number of hydrogen-bond acceptors (Lipinski definition) is 7. The van der Waals surface area contributed by atoms with E-state index < -0.39 is 11.2 Å². The highest BCUT2D eigenvalue weighted by atomic mass is 32.2. The van der Waals surface area contributed by atoms with Gasteiger partial charge in [-0.2, -0.15) is 5.10 Å². The van der Waals surface area contributed by atoms with Crippen LogP contribution in [0, 0.1) is 0 Å². The molecule has 0 aliphatic rings. The first kappa shape index (κ1) is 22.3. The summed E-state index contributed by atoms with van der Waals surface area (Å²) in [4.78, 5) is 41.8. The summed E-state index contributed by atoms with van der Waals surface area (Å²) in [7, 11) is 0. The van der Waals surface area contributed by atoms with Gasteiger partial charge in [0.15, 0.2) is 5.69 Å². The first-order chi connectivity index (χ1) is 15.0. The molecule has 0 saturated heterocycles. The number of aromatic nitrogens is 4. The molecular formula is C21H24N6O3S. The van der Waals surface area contributed by atoms with Gasteiger partial charge in [-0.3, -0.25) is 24.0 Å². The van der Waals surface area contributed by atoms with E-state index in [1.54, 1.807) is 18.3 Å². The Hall–Kier alpha value is -3.40. The van der Waals surface area contributed by atoms with Crippen molar-refractivity contribution in [3.63, 3.8) is 0 Å². The minimum absolute atomic E-state index is 0.0176. The molecule has 0 bridgehead atoms. The first-order valence-corrected chi connectivity index (χ1v) is 10.9. The van der Waals surface area contributed by atoms with E-state index in [9.17, 15) is 14.4 Å². The summed E-state index contributed by atoms with van der Waals surface area (Å²) in [6, 6.07) is 12.8. The number of nitrogens with one attached hydrogen (secondary N) is 1. The molecule has 10 heteroatoms. The summed E-state index contributed by atoms with van der Waals surface area (Å²) >= 11 is 1.21. The molecule has 162 valence electrons. The van der Waals surface area contributed by atoms with Crippen LogP contribution >= 0.6 is 11.8 Å². The third-order valence-electron chi connectivity index (χ3n) is 4.60. The molecule has 31 heavy (non-hydrogen) atoms. The van der Waals surface area contributed by atoms with Gasteiger partial charge in [0.2, 0.25) is 5.91 Å². The third kappa shape index (κ3) is 5.60. The number of nitrogens with zero attached hydrogens (tertiary/aromatic N) is 4. The van der Waals surface area contributed by atoms with Gasteiger partial charge in [-0.15, -0.1) is 5.10 Å². The maximum absolute atomic E-state index is 13.2. The largest absolute Gasteiger partial charge is 0.383 e. The van der Waals surface area contributed by atoms with Crippen molar-refractivity contribution in [1.82, 2.24) is 19.7 Å². The number of amides is 1. The van der Waals surface area contributed by atoms with Crippen LogP contribution in [0.4, 0.5) is 11.5 Å². The lowest BCUT2D eigenvalue weighted by molar-refractivity contribution is -0.116. The van der Waals surface area contributed by atoms with Crippen LogP contribution in [0.2, 0.25) is 0 Å².